The minimum absolute atomic E-state index is 0.349. The molecular formula is C15H17FN4. The average molecular weight is 272 g/mol. The Balaban J connectivity index is 2.41. The van der Waals surface area contributed by atoms with Crippen LogP contribution in [0.4, 0.5) is 10.2 Å². The molecular weight excluding hydrogens is 255 g/mol. The maximum Gasteiger partial charge on any atom is 0.152 e. The van der Waals surface area contributed by atoms with E-state index < -0.39 is 5.67 Å². The minimum Gasteiger partial charge on any atom is -0.382 e. The molecule has 20 heavy (non-hydrogen) atoms. The highest BCUT2D eigenvalue weighted by Crippen LogP contribution is 2.33. The molecule has 0 unspecified atom stereocenters. The lowest BCUT2D eigenvalue weighted by Gasteiger charge is -2.25. The molecule has 0 aliphatic heterocycles. The molecule has 2 heterocycles. The maximum atomic E-state index is 14.3. The third-order valence-corrected chi connectivity index (χ3v) is 3.85. The molecule has 0 saturated carbocycles. The molecule has 4 nitrogen and oxygen atoms in total. The fraction of sp³-hybridized carbons (Fsp3) is 0.333. The second-order valence-corrected chi connectivity index (χ2v) is 5.60. The average Bonchev–Trinajstić information content (AvgIpc) is 2.82. The predicted molar refractivity (Wildman–Crippen MR) is 79.3 cm³/mol. The number of imidazole rings is 1. The van der Waals surface area contributed by atoms with E-state index in [1.165, 1.54) is 0 Å². The number of nitrogens with zero attached hydrogens (tertiary/aromatic N) is 3. The standard InChI is InChI=1S/C15H17FN4/c1-9(15(2,3)16)20-8-18-12-13(20)10-6-4-5-7-11(10)19-14(12)17/h4-9H,1-3H3,(H2,17,19)/t9-/m1/s1. The van der Waals surface area contributed by atoms with E-state index in [9.17, 15) is 4.39 Å². The van der Waals surface area contributed by atoms with Crippen molar-refractivity contribution in [2.75, 3.05) is 5.73 Å². The molecule has 104 valence electrons. The Morgan fingerprint density at radius 3 is 2.70 bits per heavy atom. The molecule has 3 aromatic rings. The smallest absolute Gasteiger partial charge is 0.152 e. The molecule has 3 rings (SSSR count). The summed E-state index contributed by atoms with van der Waals surface area (Å²) in [5.74, 6) is 0.376. The number of aromatic nitrogens is 3. The molecule has 0 spiro atoms. The van der Waals surface area contributed by atoms with Crippen molar-refractivity contribution in [3.8, 4) is 0 Å². The van der Waals surface area contributed by atoms with Crippen molar-refractivity contribution in [3.63, 3.8) is 0 Å². The van der Waals surface area contributed by atoms with Crippen LogP contribution in [0.1, 0.15) is 26.8 Å². The predicted octanol–water partition coefficient (Wildman–Crippen LogP) is 3.48. The second kappa shape index (κ2) is 4.16. The lowest BCUT2D eigenvalue weighted by Crippen LogP contribution is -2.26. The van der Waals surface area contributed by atoms with Gasteiger partial charge in [0.1, 0.15) is 11.2 Å². The number of hydrogen-bond acceptors (Lipinski definition) is 3. The zero-order valence-electron chi connectivity index (χ0n) is 11.8. The third kappa shape index (κ3) is 1.81. The van der Waals surface area contributed by atoms with Gasteiger partial charge in [-0.1, -0.05) is 18.2 Å². The van der Waals surface area contributed by atoms with Gasteiger partial charge in [0.25, 0.3) is 0 Å². The summed E-state index contributed by atoms with van der Waals surface area (Å²) in [5, 5.41) is 0.935. The zero-order valence-corrected chi connectivity index (χ0v) is 11.8. The van der Waals surface area contributed by atoms with Crippen LogP contribution in [0.2, 0.25) is 0 Å². The number of benzene rings is 1. The number of anilines is 1. The topological polar surface area (TPSA) is 56.7 Å². The number of rotatable bonds is 2. The summed E-state index contributed by atoms with van der Waals surface area (Å²) in [6.45, 7) is 4.97. The highest BCUT2D eigenvalue weighted by molar-refractivity contribution is 6.06. The number of fused-ring (bicyclic) bond motifs is 3. The van der Waals surface area contributed by atoms with Crippen molar-refractivity contribution in [2.24, 2.45) is 0 Å². The minimum atomic E-state index is -1.35. The van der Waals surface area contributed by atoms with Gasteiger partial charge >= 0.3 is 0 Å². The summed E-state index contributed by atoms with van der Waals surface area (Å²) in [6, 6.07) is 7.35. The molecule has 0 aliphatic carbocycles. The first-order valence-electron chi connectivity index (χ1n) is 6.59. The van der Waals surface area contributed by atoms with E-state index in [0.717, 1.165) is 16.4 Å². The monoisotopic (exact) mass is 272 g/mol. The summed E-state index contributed by atoms with van der Waals surface area (Å²) >= 11 is 0. The van der Waals surface area contributed by atoms with Crippen LogP contribution in [0, 0.1) is 0 Å². The van der Waals surface area contributed by atoms with Crippen molar-refractivity contribution in [1.82, 2.24) is 14.5 Å². The Morgan fingerprint density at radius 2 is 2.00 bits per heavy atom. The van der Waals surface area contributed by atoms with Crippen LogP contribution in [-0.4, -0.2) is 20.2 Å². The molecule has 0 saturated heterocycles. The maximum absolute atomic E-state index is 14.3. The molecule has 0 aliphatic rings. The first-order chi connectivity index (χ1) is 9.39. The SMILES string of the molecule is C[C@@H](n1cnc2c(N)nc3ccccc3c21)C(C)(C)F. The van der Waals surface area contributed by atoms with Gasteiger partial charge in [-0.25, -0.2) is 14.4 Å². The van der Waals surface area contributed by atoms with Gasteiger partial charge in [0.15, 0.2) is 5.82 Å². The summed E-state index contributed by atoms with van der Waals surface area (Å²) in [6.07, 6.45) is 1.64. The molecule has 1 aromatic carbocycles. The van der Waals surface area contributed by atoms with E-state index in [1.807, 2.05) is 35.8 Å². The number of halogens is 1. The Hall–Kier alpha value is -2.17. The number of hydrogen-bond donors (Lipinski definition) is 1. The van der Waals surface area contributed by atoms with Crippen LogP contribution < -0.4 is 5.73 Å². The molecule has 0 bridgehead atoms. The van der Waals surface area contributed by atoms with Gasteiger partial charge in [-0.2, -0.15) is 0 Å². The Labute approximate surface area is 116 Å². The number of alkyl halides is 1. The largest absolute Gasteiger partial charge is 0.382 e. The summed E-state index contributed by atoms with van der Waals surface area (Å²) < 4.78 is 16.1. The number of para-hydroxylation sites is 1. The van der Waals surface area contributed by atoms with Crippen molar-refractivity contribution in [3.05, 3.63) is 30.6 Å². The van der Waals surface area contributed by atoms with Gasteiger partial charge in [0.05, 0.1) is 23.4 Å². The van der Waals surface area contributed by atoms with Crippen molar-refractivity contribution < 1.29 is 4.39 Å². The zero-order chi connectivity index (χ0) is 14.5. The molecule has 0 amide bonds. The Morgan fingerprint density at radius 1 is 1.30 bits per heavy atom. The normalized spacial score (nSPS) is 14.0. The number of nitrogens with two attached hydrogens (primary N) is 1. The van der Waals surface area contributed by atoms with Gasteiger partial charge in [0, 0.05) is 5.39 Å². The third-order valence-electron chi connectivity index (χ3n) is 3.85. The molecule has 5 heteroatoms. The quantitative estimate of drug-likeness (QED) is 0.777. The van der Waals surface area contributed by atoms with E-state index in [0.29, 0.717) is 11.3 Å². The molecule has 2 N–H and O–H groups in total. The van der Waals surface area contributed by atoms with Gasteiger partial charge < -0.3 is 10.3 Å². The van der Waals surface area contributed by atoms with Crippen LogP contribution in [0.25, 0.3) is 21.9 Å². The fourth-order valence-electron chi connectivity index (χ4n) is 2.39. The Kier molecular flexibility index (Phi) is 2.67. The van der Waals surface area contributed by atoms with Crippen molar-refractivity contribution in [1.29, 1.82) is 0 Å². The number of pyridine rings is 1. The van der Waals surface area contributed by atoms with Crippen molar-refractivity contribution in [2.45, 2.75) is 32.5 Å². The van der Waals surface area contributed by atoms with Crippen LogP contribution in [0.15, 0.2) is 30.6 Å². The molecule has 1 atom stereocenters. The lowest BCUT2D eigenvalue weighted by molar-refractivity contribution is 0.143. The lowest BCUT2D eigenvalue weighted by atomic mass is 10.0. The van der Waals surface area contributed by atoms with Crippen molar-refractivity contribution >= 4 is 27.8 Å². The van der Waals surface area contributed by atoms with E-state index in [1.54, 1.807) is 20.2 Å². The van der Waals surface area contributed by atoms with E-state index >= 15 is 0 Å². The first-order valence-corrected chi connectivity index (χ1v) is 6.59. The highest BCUT2D eigenvalue weighted by atomic mass is 19.1. The fourth-order valence-corrected chi connectivity index (χ4v) is 2.39. The van der Waals surface area contributed by atoms with Gasteiger partial charge in [0.2, 0.25) is 0 Å². The van der Waals surface area contributed by atoms with E-state index in [4.69, 9.17) is 5.73 Å². The van der Waals surface area contributed by atoms with Gasteiger partial charge in [-0.3, -0.25) is 0 Å². The van der Waals surface area contributed by atoms with Crippen LogP contribution >= 0.6 is 0 Å². The van der Waals surface area contributed by atoms with Crippen LogP contribution in [0.5, 0.6) is 0 Å². The van der Waals surface area contributed by atoms with E-state index in [-0.39, 0.29) is 6.04 Å². The van der Waals surface area contributed by atoms with Gasteiger partial charge in [-0.05, 0) is 26.8 Å². The summed E-state index contributed by atoms with van der Waals surface area (Å²) in [7, 11) is 0. The second-order valence-electron chi connectivity index (χ2n) is 5.60. The summed E-state index contributed by atoms with van der Waals surface area (Å²) in [4.78, 5) is 8.66. The molecule has 0 fully saturated rings. The Bertz CT molecular complexity index is 786. The first kappa shape index (κ1) is 12.8. The highest BCUT2D eigenvalue weighted by Gasteiger charge is 2.28. The van der Waals surface area contributed by atoms with Crippen LogP contribution in [0.3, 0.4) is 0 Å². The molecule has 0 radical (unpaired) electrons. The summed E-state index contributed by atoms with van der Waals surface area (Å²) in [5.41, 5.74) is 6.87. The van der Waals surface area contributed by atoms with Gasteiger partial charge in [-0.15, -0.1) is 0 Å². The van der Waals surface area contributed by atoms with E-state index in [2.05, 4.69) is 9.97 Å². The number of nitrogen functional groups attached to an aromatic ring is 1. The molecule has 2 aromatic heterocycles. The van der Waals surface area contributed by atoms with Crippen LogP contribution in [-0.2, 0) is 0 Å².